The number of hydrogen-bond donors (Lipinski definition) is 2. The minimum absolute atomic E-state index is 0.365. The van der Waals surface area contributed by atoms with Crippen LogP contribution in [0, 0.1) is 6.92 Å². The van der Waals surface area contributed by atoms with Crippen molar-refractivity contribution in [3.8, 4) is 0 Å². The Hall–Kier alpha value is -2.04. The number of ether oxygens (including phenoxy) is 1. The Bertz CT molecular complexity index is 502. The highest BCUT2D eigenvalue weighted by molar-refractivity contribution is 5.81. The third-order valence-electron chi connectivity index (χ3n) is 3.04. The number of carboxylic acid groups (broad SMARTS) is 1. The molecule has 0 heterocycles. The maximum atomic E-state index is 11.8. The van der Waals surface area contributed by atoms with Crippen LogP contribution in [0.4, 0.5) is 4.79 Å². The zero-order valence-corrected chi connectivity index (χ0v) is 13.1. The van der Waals surface area contributed by atoms with E-state index in [4.69, 9.17) is 4.74 Å². The average Bonchev–Trinajstić information content (AvgIpc) is 2.33. The second-order valence-electron chi connectivity index (χ2n) is 6.16. The van der Waals surface area contributed by atoms with Gasteiger partial charge >= 0.3 is 12.1 Å². The van der Waals surface area contributed by atoms with Gasteiger partial charge in [0.1, 0.15) is 11.6 Å². The van der Waals surface area contributed by atoms with Gasteiger partial charge in [-0.2, -0.15) is 0 Å². The largest absolute Gasteiger partial charge is 0.480 e. The number of hydrogen-bond acceptors (Lipinski definition) is 3. The topological polar surface area (TPSA) is 75.6 Å². The van der Waals surface area contributed by atoms with Crippen LogP contribution in [-0.4, -0.2) is 28.8 Å². The lowest BCUT2D eigenvalue weighted by Gasteiger charge is -2.25. The van der Waals surface area contributed by atoms with Gasteiger partial charge in [-0.25, -0.2) is 9.59 Å². The number of alkyl carbamates (subject to hydrolysis) is 1. The van der Waals surface area contributed by atoms with Crippen LogP contribution in [0.2, 0.25) is 0 Å². The molecule has 116 valence electrons. The van der Waals surface area contributed by atoms with Gasteiger partial charge in [0.15, 0.2) is 0 Å². The first-order valence-corrected chi connectivity index (χ1v) is 6.89. The van der Waals surface area contributed by atoms with Crippen molar-refractivity contribution in [2.45, 2.75) is 52.2 Å². The second-order valence-corrected chi connectivity index (χ2v) is 6.16. The molecule has 0 saturated heterocycles. The summed E-state index contributed by atoms with van der Waals surface area (Å²) in [6, 6.07) is 6.53. The van der Waals surface area contributed by atoms with E-state index in [1.807, 2.05) is 31.2 Å². The predicted molar refractivity (Wildman–Crippen MR) is 80.4 cm³/mol. The van der Waals surface area contributed by atoms with E-state index < -0.39 is 23.7 Å². The first-order chi connectivity index (χ1) is 9.60. The van der Waals surface area contributed by atoms with Crippen LogP contribution in [-0.2, 0) is 9.53 Å². The van der Waals surface area contributed by atoms with E-state index in [1.165, 1.54) is 0 Å². The molecule has 0 saturated carbocycles. The lowest BCUT2D eigenvalue weighted by atomic mass is 9.93. The summed E-state index contributed by atoms with van der Waals surface area (Å²) in [6.07, 6.45) is -0.728. The molecule has 0 aliphatic rings. The van der Waals surface area contributed by atoms with E-state index in [-0.39, 0.29) is 5.92 Å². The van der Waals surface area contributed by atoms with Crippen molar-refractivity contribution >= 4 is 12.1 Å². The molecular formula is C16H23NO4. The number of nitrogens with one attached hydrogen (secondary N) is 1. The molecule has 1 aromatic rings. The molecule has 0 aromatic heterocycles. The molecule has 0 spiro atoms. The van der Waals surface area contributed by atoms with E-state index in [0.717, 1.165) is 11.1 Å². The number of carbonyl (C=O) groups is 2. The summed E-state index contributed by atoms with van der Waals surface area (Å²) in [7, 11) is 0. The number of carbonyl (C=O) groups excluding carboxylic acids is 1. The Kier molecular flexibility index (Phi) is 5.35. The Labute approximate surface area is 125 Å². The summed E-state index contributed by atoms with van der Waals surface area (Å²) in [5, 5.41) is 11.8. The standard InChI is InChI=1S/C16H23NO4/c1-10-6-8-12(9-7-10)11(2)13(14(18)19)17-15(20)21-16(3,4)5/h6-9,11,13H,1-5H3,(H,17,20)(H,18,19)/t11-,13+/m1/s1. The van der Waals surface area contributed by atoms with Crippen molar-refractivity contribution in [1.82, 2.24) is 5.32 Å². The van der Waals surface area contributed by atoms with Crippen LogP contribution in [0.25, 0.3) is 0 Å². The molecule has 0 unspecified atom stereocenters. The van der Waals surface area contributed by atoms with Crippen molar-refractivity contribution < 1.29 is 19.4 Å². The molecule has 2 N–H and O–H groups in total. The first kappa shape index (κ1) is 17.0. The van der Waals surface area contributed by atoms with E-state index in [1.54, 1.807) is 27.7 Å². The summed E-state index contributed by atoms with van der Waals surface area (Å²) in [5.74, 6) is -1.45. The van der Waals surface area contributed by atoms with Crippen molar-refractivity contribution in [2.24, 2.45) is 0 Å². The van der Waals surface area contributed by atoms with Crippen LogP contribution in [0.15, 0.2) is 24.3 Å². The van der Waals surface area contributed by atoms with Gasteiger partial charge in [-0.1, -0.05) is 36.8 Å². The van der Waals surface area contributed by atoms with Gasteiger partial charge in [-0.3, -0.25) is 0 Å². The Morgan fingerprint density at radius 3 is 2.14 bits per heavy atom. The first-order valence-electron chi connectivity index (χ1n) is 6.89. The van der Waals surface area contributed by atoms with Crippen molar-refractivity contribution in [1.29, 1.82) is 0 Å². The van der Waals surface area contributed by atoms with Gasteiger partial charge < -0.3 is 15.2 Å². The van der Waals surface area contributed by atoms with Crippen molar-refractivity contribution in [2.75, 3.05) is 0 Å². The average molecular weight is 293 g/mol. The smallest absolute Gasteiger partial charge is 0.408 e. The molecule has 0 aliphatic heterocycles. The summed E-state index contributed by atoms with van der Waals surface area (Å²) in [4.78, 5) is 23.2. The van der Waals surface area contributed by atoms with Crippen LogP contribution < -0.4 is 5.32 Å². The molecule has 0 aliphatic carbocycles. The zero-order chi connectivity index (χ0) is 16.2. The van der Waals surface area contributed by atoms with Crippen LogP contribution in [0.1, 0.15) is 44.7 Å². The quantitative estimate of drug-likeness (QED) is 0.894. The molecule has 1 aromatic carbocycles. The van der Waals surface area contributed by atoms with Gasteiger partial charge in [0, 0.05) is 5.92 Å². The van der Waals surface area contributed by atoms with E-state index in [0.29, 0.717) is 0 Å². The lowest BCUT2D eigenvalue weighted by Crippen LogP contribution is -2.46. The third kappa shape index (κ3) is 5.45. The fourth-order valence-electron chi connectivity index (χ4n) is 1.90. The number of amides is 1. The number of carboxylic acids is 1. The maximum absolute atomic E-state index is 11.8. The lowest BCUT2D eigenvalue weighted by molar-refractivity contribution is -0.140. The van der Waals surface area contributed by atoms with Crippen molar-refractivity contribution in [3.63, 3.8) is 0 Å². The molecule has 5 heteroatoms. The Morgan fingerprint density at radius 2 is 1.71 bits per heavy atom. The van der Waals surface area contributed by atoms with Crippen molar-refractivity contribution in [3.05, 3.63) is 35.4 Å². The number of aliphatic carboxylic acids is 1. The van der Waals surface area contributed by atoms with E-state index in [9.17, 15) is 14.7 Å². The molecule has 1 amide bonds. The van der Waals surface area contributed by atoms with Gasteiger partial charge in [-0.05, 0) is 33.3 Å². The molecular weight excluding hydrogens is 270 g/mol. The Morgan fingerprint density at radius 1 is 1.19 bits per heavy atom. The maximum Gasteiger partial charge on any atom is 0.408 e. The fraction of sp³-hybridized carbons (Fsp3) is 0.500. The Balaban J connectivity index is 2.84. The highest BCUT2D eigenvalue weighted by Gasteiger charge is 2.29. The highest BCUT2D eigenvalue weighted by atomic mass is 16.6. The molecule has 21 heavy (non-hydrogen) atoms. The minimum Gasteiger partial charge on any atom is -0.480 e. The van der Waals surface area contributed by atoms with Gasteiger partial charge in [0.05, 0.1) is 0 Å². The monoisotopic (exact) mass is 293 g/mol. The second kappa shape index (κ2) is 6.61. The summed E-state index contributed by atoms with van der Waals surface area (Å²) >= 11 is 0. The van der Waals surface area contributed by atoms with Crippen LogP contribution in [0.3, 0.4) is 0 Å². The van der Waals surface area contributed by atoms with Crippen LogP contribution >= 0.6 is 0 Å². The SMILES string of the molecule is Cc1ccc([C@@H](C)[C@H](NC(=O)OC(C)(C)C)C(=O)O)cc1. The molecule has 2 atom stereocenters. The molecule has 0 radical (unpaired) electrons. The zero-order valence-electron chi connectivity index (χ0n) is 13.1. The normalized spacial score (nSPS) is 14.1. The molecule has 0 fully saturated rings. The number of aryl methyl sites for hydroxylation is 1. The minimum atomic E-state index is -1.09. The van der Waals surface area contributed by atoms with E-state index in [2.05, 4.69) is 5.32 Å². The molecule has 1 rings (SSSR count). The summed E-state index contributed by atoms with van der Waals surface area (Å²) in [5.41, 5.74) is 1.28. The van der Waals surface area contributed by atoms with Crippen LogP contribution in [0.5, 0.6) is 0 Å². The van der Waals surface area contributed by atoms with E-state index >= 15 is 0 Å². The predicted octanol–water partition coefficient (Wildman–Crippen LogP) is 3.08. The number of rotatable bonds is 4. The fourth-order valence-corrected chi connectivity index (χ4v) is 1.90. The molecule has 5 nitrogen and oxygen atoms in total. The number of benzene rings is 1. The summed E-state index contributed by atoms with van der Waals surface area (Å²) < 4.78 is 5.11. The molecule has 0 bridgehead atoms. The van der Waals surface area contributed by atoms with Gasteiger partial charge in [-0.15, -0.1) is 0 Å². The summed E-state index contributed by atoms with van der Waals surface area (Å²) in [6.45, 7) is 8.91. The van der Waals surface area contributed by atoms with Gasteiger partial charge in [0.25, 0.3) is 0 Å². The third-order valence-corrected chi connectivity index (χ3v) is 3.04. The highest BCUT2D eigenvalue weighted by Crippen LogP contribution is 2.20. The van der Waals surface area contributed by atoms with Gasteiger partial charge in [0.2, 0.25) is 0 Å².